The zero-order valence-corrected chi connectivity index (χ0v) is 12.4. The molecule has 112 valence electrons. The smallest absolute Gasteiger partial charge is 0.173 e. The van der Waals surface area contributed by atoms with Crippen LogP contribution in [0.5, 0.6) is 0 Å². The van der Waals surface area contributed by atoms with Crippen molar-refractivity contribution in [1.29, 1.82) is 0 Å². The summed E-state index contributed by atoms with van der Waals surface area (Å²) in [6, 6.07) is 3.27. The van der Waals surface area contributed by atoms with Crippen LogP contribution >= 0.6 is 15.9 Å². The van der Waals surface area contributed by atoms with Gasteiger partial charge in [-0.3, -0.25) is 5.84 Å². The van der Waals surface area contributed by atoms with E-state index >= 15 is 0 Å². The van der Waals surface area contributed by atoms with Crippen LogP contribution in [0, 0.1) is 30.2 Å². The van der Waals surface area contributed by atoms with Crippen LogP contribution in [0.15, 0.2) is 28.7 Å². The van der Waals surface area contributed by atoms with Crippen molar-refractivity contribution in [1.82, 2.24) is 5.43 Å². The molecule has 0 bridgehead atoms. The average Bonchev–Trinajstić information content (AvgIpc) is 2.46. The van der Waals surface area contributed by atoms with Gasteiger partial charge in [0.15, 0.2) is 11.6 Å². The number of nitrogens with two attached hydrogens (primary N) is 1. The summed E-state index contributed by atoms with van der Waals surface area (Å²) < 4.78 is 54.6. The molecule has 0 aliphatic carbocycles. The van der Waals surface area contributed by atoms with Crippen molar-refractivity contribution in [2.24, 2.45) is 5.84 Å². The first-order chi connectivity index (χ1) is 9.88. The van der Waals surface area contributed by atoms with Crippen LogP contribution in [0.4, 0.5) is 17.6 Å². The van der Waals surface area contributed by atoms with Gasteiger partial charge in [-0.2, -0.15) is 0 Å². The molecule has 3 N–H and O–H groups in total. The van der Waals surface area contributed by atoms with E-state index in [1.807, 2.05) is 0 Å². The second-order valence-corrected chi connectivity index (χ2v) is 5.25. The minimum atomic E-state index is -1.17. The fourth-order valence-corrected chi connectivity index (χ4v) is 2.59. The Kier molecular flexibility index (Phi) is 4.65. The van der Waals surface area contributed by atoms with Gasteiger partial charge >= 0.3 is 0 Å². The second kappa shape index (κ2) is 6.13. The quantitative estimate of drug-likeness (QED) is 0.376. The molecule has 0 spiro atoms. The molecule has 2 nitrogen and oxygen atoms in total. The lowest BCUT2D eigenvalue weighted by molar-refractivity contribution is 0.487. The van der Waals surface area contributed by atoms with Gasteiger partial charge < -0.3 is 0 Å². The van der Waals surface area contributed by atoms with E-state index in [4.69, 9.17) is 5.84 Å². The fourth-order valence-electron chi connectivity index (χ4n) is 2.04. The molecule has 0 aromatic heterocycles. The summed E-state index contributed by atoms with van der Waals surface area (Å²) >= 11 is 2.88. The van der Waals surface area contributed by atoms with Crippen LogP contribution in [0.25, 0.3) is 0 Å². The van der Waals surface area contributed by atoms with Crippen molar-refractivity contribution >= 4 is 15.9 Å². The number of hydrogen-bond acceptors (Lipinski definition) is 2. The maximum atomic E-state index is 14.2. The molecular formula is C14H11BrF4N2. The number of halogens is 5. The van der Waals surface area contributed by atoms with E-state index in [9.17, 15) is 17.6 Å². The van der Waals surface area contributed by atoms with Crippen LogP contribution in [-0.4, -0.2) is 0 Å². The lowest BCUT2D eigenvalue weighted by atomic mass is 9.96. The van der Waals surface area contributed by atoms with Crippen LogP contribution < -0.4 is 11.3 Å². The minimum absolute atomic E-state index is 0.0831. The topological polar surface area (TPSA) is 38.0 Å². The molecule has 2 aromatic rings. The lowest BCUT2D eigenvalue weighted by Gasteiger charge is -2.20. The third kappa shape index (κ3) is 2.81. The Morgan fingerprint density at radius 1 is 1.00 bits per heavy atom. The van der Waals surface area contributed by atoms with Crippen LogP contribution in [0.2, 0.25) is 0 Å². The molecule has 0 aliphatic rings. The van der Waals surface area contributed by atoms with Gasteiger partial charge in [0.05, 0.1) is 10.5 Å². The van der Waals surface area contributed by atoms with Gasteiger partial charge in [0, 0.05) is 5.56 Å². The van der Waals surface area contributed by atoms with Crippen molar-refractivity contribution in [3.8, 4) is 0 Å². The first-order valence-electron chi connectivity index (χ1n) is 5.92. The Morgan fingerprint density at radius 2 is 1.62 bits per heavy atom. The van der Waals surface area contributed by atoms with Crippen molar-refractivity contribution in [2.45, 2.75) is 13.0 Å². The predicted molar refractivity (Wildman–Crippen MR) is 74.3 cm³/mol. The molecule has 0 saturated carbocycles. The Bertz CT molecular complexity index is 691. The molecule has 2 aromatic carbocycles. The summed E-state index contributed by atoms with van der Waals surface area (Å²) in [5, 5.41) is 0. The maximum Gasteiger partial charge on any atom is 0.173 e. The highest BCUT2D eigenvalue weighted by Gasteiger charge is 2.26. The first kappa shape index (κ1) is 15.9. The highest BCUT2D eigenvalue weighted by Crippen LogP contribution is 2.34. The zero-order chi connectivity index (χ0) is 15.7. The number of nitrogens with one attached hydrogen (secondary N) is 1. The third-order valence-corrected chi connectivity index (χ3v) is 3.96. The summed E-state index contributed by atoms with van der Waals surface area (Å²) in [7, 11) is 0. The van der Waals surface area contributed by atoms with Gasteiger partial charge in [0.25, 0.3) is 0 Å². The van der Waals surface area contributed by atoms with E-state index in [2.05, 4.69) is 21.4 Å². The first-order valence-corrected chi connectivity index (χ1v) is 6.71. The molecule has 1 unspecified atom stereocenters. The summed E-state index contributed by atoms with van der Waals surface area (Å²) in [4.78, 5) is 0. The second-order valence-electron chi connectivity index (χ2n) is 4.46. The Morgan fingerprint density at radius 3 is 2.24 bits per heavy atom. The number of hydrazine groups is 1. The molecular weight excluding hydrogens is 352 g/mol. The highest BCUT2D eigenvalue weighted by atomic mass is 79.9. The SMILES string of the molecule is Cc1ccc(F)c(C(NN)c2ccc(F)c(F)c2Br)c1F. The summed E-state index contributed by atoms with van der Waals surface area (Å²) in [5.41, 5.74) is 2.17. The molecule has 0 aliphatic heterocycles. The molecule has 0 saturated heterocycles. The zero-order valence-electron chi connectivity index (χ0n) is 10.9. The van der Waals surface area contributed by atoms with Gasteiger partial charge in [-0.15, -0.1) is 0 Å². The Hall–Kier alpha value is -1.44. The van der Waals surface area contributed by atoms with Crippen molar-refractivity contribution in [3.05, 3.63) is 68.7 Å². The number of rotatable bonds is 3. The predicted octanol–water partition coefficient (Wildman–Crippen LogP) is 3.87. The van der Waals surface area contributed by atoms with Gasteiger partial charge in [-0.05, 0) is 46.1 Å². The van der Waals surface area contributed by atoms with Gasteiger partial charge in [-0.1, -0.05) is 12.1 Å². The van der Waals surface area contributed by atoms with E-state index in [1.165, 1.54) is 19.1 Å². The molecule has 7 heteroatoms. The molecule has 2 rings (SSSR count). The summed E-state index contributed by atoms with van der Waals surface area (Å²) in [5.74, 6) is 1.50. The maximum absolute atomic E-state index is 14.2. The van der Waals surface area contributed by atoms with Crippen molar-refractivity contribution in [2.75, 3.05) is 0 Å². The molecule has 0 amide bonds. The number of benzene rings is 2. The number of hydrogen-bond donors (Lipinski definition) is 2. The number of aryl methyl sites for hydroxylation is 1. The normalized spacial score (nSPS) is 12.5. The Labute approximate surface area is 127 Å². The van der Waals surface area contributed by atoms with Crippen LogP contribution in [-0.2, 0) is 0 Å². The van der Waals surface area contributed by atoms with Gasteiger partial charge in [0.2, 0.25) is 0 Å². The Balaban J connectivity index is 2.66. The van der Waals surface area contributed by atoms with E-state index < -0.39 is 29.3 Å². The van der Waals surface area contributed by atoms with Gasteiger partial charge in [-0.25, -0.2) is 23.0 Å². The van der Waals surface area contributed by atoms with E-state index in [0.717, 1.165) is 12.1 Å². The van der Waals surface area contributed by atoms with E-state index in [-0.39, 0.29) is 21.2 Å². The summed E-state index contributed by atoms with van der Waals surface area (Å²) in [6.45, 7) is 1.46. The molecule has 21 heavy (non-hydrogen) atoms. The summed E-state index contributed by atoms with van der Waals surface area (Å²) in [6.07, 6.45) is 0. The standard InChI is InChI=1S/C14H11BrF4N2/c1-6-2-4-8(16)10(12(6)18)14(21-20)7-3-5-9(17)13(19)11(7)15/h2-5,14,21H,20H2,1H3. The average molecular weight is 363 g/mol. The lowest BCUT2D eigenvalue weighted by Crippen LogP contribution is -2.31. The third-order valence-electron chi connectivity index (χ3n) is 3.15. The van der Waals surface area contributed by atoms with Gasteiger partial charge in [0.1, 0.15) is 11.6 Å². The highest BCUT2D eigenvalue weighted by molar-refractivity contribution is 9.10. The van der Waals surface area contributed by atoms with Crippen LogP contribution in [0.3, 0.4) is 0 Å². The molecule has 0 radical (unpaired) electrons. The van der Waals surface area contributed by atoms with Crippen molar-refractivity contribution in [3.63, 3.8) is 0 Å². The fraction of sp³-hybridized carbons (Fsp3) is 0.143. The van der Waals surface area contributed by atoms with E-state index in [1.54, 1.807) is 0 Å². The minimum Gasteiger partial charge on any atom is -0.271 e. The van der Waals surface area contributed by atoms with E-state index in [0.29, 0.717) is 0 Å². The van der Waals surface area contributed by atoms with Crippen LogP contribution in [0.1, 0.15) is 22.7 Å². The monoisotopic (exact) mass is 362 g/mol. The van der Waals surface area contributed by atoms with Crippen molar-refractivity contribution < 1.29 is 17.6 Å². The molecule has 0 heterocycles. The largest absolute Gasteiger partial charge is 0.271 e. The molecule has 0 fully saturated rings. The molecule has 1 atom stereocenters.